The standard InChI is InChI=1S/C12H12BrF3O3/c1-8(17)18-7-10(13)11(19-12(14,15)16)9-5-3-2-4-6-9/h2-6,10-11H,7H2,1H3/t10-,11-/m0/s1. The number of hydrogen-bond donors (Lipinski definition) is 0. The van der Waals surface area contributed by atoms with Crippen molar-refractivity contribution in [3.63, 3.8) is 0 Å². The Bertz CT molecular complexity index is 408. The highest BCUT2D eigenvalue weighted by atomic mass is 79.9. The van der Waals surface area contributed by atoms with Crippen LogP contribution < -0.4 is 0 Å². The Kier molecular flexibility index (Phi) is 5.81. The second kappa shape index (κ2) is 6.91. The number of hydrogen-bond acceptors (Lipinski definition) is 3. The van der Waals surface area contributed by atoms with Crippen LogP contribution in [0.25, 0.3) is 0 Å². The number of ether oxygens (including phenoxy) is 2. The van der Waals surface area contributed by atoms with Crippen LogP contribution in [0, 0.1) is 0 Å². The van der Waals surface area contributed by atoms with Gasteiger partial charge in [0.1, 0.15) is 12.7 Å². The van der Waals surface area contributed by atoms with Crippen LogP contribution in [0.3, 0.4) is 0 Å². The molecule has 0 radical (unpaired) electrons. The first-order chi connectivity index (χ1) is 8.79. The van der Waals surface area contributed by atoms with Gasteiger partial charge in [-0.3, -0.25) is 9.53 Å². The minimum atomic E-state index is -4.78. The predicted octanol–water partition coefficient (Wildman–Crippen LogP) is 3.59. The number of halogens is 4. The summed E-state index contributed by atoms with van der Waals surface area (Å²) in [6, 6.07) is 7.92. The number of benzene rings is 1. The van der Waals surface area contributed by atoms with Gasteiger partial charge in [0.15, 0.2) is 0 Å². The largest absolute Gasteiger partial charge is 0.523 e. The summed E-state index contributed by atoms with van der Waals surface area (Å²) in [6.45, 7) is 0.965. The van der Waals surface area contributed by atoms with Crippen molar-refractivity contribution in [3.8, 4) is 0 Å². The summed E-state index contributed by atoms with van der Waals surface area (Å²) in [5.41, 5.74) is 0.342. The first-order valence-corrected chi connectivity index (χ1v) is 6.28. The maximum Gasteiger partial charge on any atom is 0.523 e. The normalized spacial score (nSPS) is 14.8. The molecule has 0 fully saturated rings. The highest BCUT2D eigenvalue weighted by Gasteiger charge is 2.37. The third-order valence-electron chi connectivity index (χ3n) is 2.16. The third kappa shape index (κ3) is 6.07. The molecular formula is C12H12BrF3O3. The molecule has 0 saturated carbocycles. The van der Waals surface area contributed by atoms with E-state index in [9.17, 15) is 18.0 Å². The van der Waals surface area contributed by atoms with Crippen molar-refractivity contribution in [1.82, 2.24) is 0 Å². The van der Waals surface area contributed by atoms with Crippen molar-refractivity contribution in [1.29, 1.82) is 0 Å². The number of carbonyl (C=O) groups excluding carboxylic acids is 1. The van der Waals surface area contributed by atoms with Gasteiger partial charge in [0.05, 0.1) is 4.83 Å². The van der Waals surface area contributed by atoms with Crippen LogP contribution in [0.2, 0.25) is 0 Å². The topological polar surface area (TPSA) is 35.5 Å². The van der Waals surface area contributed by atoms with E-state index in [1.165, 1.54) is 19.1 Å². The molecule has 7 heteroatoms. The molecule has 3 nitrogen and oxygen atoms in total. The molecule has 0 N–H and O–H groups in total. The molecule has 0 aliphatic rings. The lowest BCUT2D eigenvalue weighted by Crippen LogP contribution is -2.27. The summed E-state index contributed by atoms with van der Waals surface area (Å²) in [6.07, 6.45) is -6.07. The van der Waals surface area contributed by atoms with Gasteiger partial charge in [-0.1, -0.05) is 46.3 Å². The highest BCUT2D eigenvalue weighted by molar-refractivity contribution is 9.09. The molecule has 0 spiro atoms. The van der Waals surface area contributed by atoms with E-state index in [1.807, 2.05) is 0 Å². The zero-order chi connectivity index (χ0) is 14.5. The van der Waals surface area contributed by atoms with Gasteiger partial charge in [-0.05, 0) is 5.56 Å². The monoisotopic (exact) mass is 340 g/mol. The Morgan fingerprint density at radius 2 is 1.89 bits per heavy atom. The molecule has 0 saturated heterocycles. The molecule has 0 amide bonds. The van der Waals surface area contributed by atoms with Crippen molar-refractivity contribution in [3.05, 3.63) is 35.9 Å². The second-order valence-corrected chi connectivity index (χ2v) is 4.89. The molecule has 106 valence electrons. The van der Waals surface area contributed by atoms with Crippen molar-refractivity contribution in [2.24, 2.45) is 0 Å². The predicted molar refractivity (Wildman–Crippen MR) is 65.7 cm³/mol. The average Bonchev–Trinajstić information content (AvgIpc) is 2.33. The lowest BCUT2D eigenvalue weighted by atomic mass is 10.1. The summed E-state index contributed by atoms with van der Waals surface area (Å²) in [5.74, 6) is -0.566. The zero-order valence-electron chi connectivity index (χ0n) is 9.99. The average molecular weight is 341 g/mol. The molecule has 0 heterocycles. The Balaban J connectivity index is 2.83. The van der Waals surface area contributed by atoms with Crippen molar-refractivity contribution in [2.45, 2.75) is 24.2 Å². The van der Waals surface area contributed by atoms with E-state index in [0.29, 0.717) is 5.56 Å². The lowest BCUT2D eigenvalue weighted by Gasteiger charge is -2.24. The first kappa shape index (κ1) is 16.0. The van der Waals surface area contributed by atoms with E-state index >= 15 is 0 Å². The number of carbonyl (C=O) groups is 1. The summed E-state index contributed by atoms with van der Waals surface area (Å²) >= 11 is 3.06. The van der Waals surface area contributed by atoms with Gasteiger partial charge in [0, 0.05) is 6.92 Å². The second-order valence-electron chi connectivity index (χ2n) is 3.71. The van der Waals surface area contributed by atoms with Crippen LogP contribution >= 0.6 is 15.9 Å². The fraction of sp³-hybridized carbons (Fsp3) is 0.417. The smallest absolute Gasteiger partial charge is 0.465 e. The maximum atomic E-state index is 12.4. The molecular weight excluding hydrogens is 329 g/mol. The van der Waals surface area contributed by atoms with Crippen LogP contribution in [0.5, 0.6) is 0 Å². The van der Waals surface area contributed by atoms with E-state index in [1.54, 1.807) is 18.2 Å². The van der Waals surface area contributed by atoms with E-state index in [-0.39, 0.29) is 6.61 Å². The van der Waals surface area contributed by atoms with Crippen LogP contribution in [0.1, 0.15) is 18.6 Å². The van der Waals surface area contributed by atoms with Crippen molar-refractivity contribution < 1.29 is 27.4 Å². The van der Waals surface area contributed by atoms with Crippen LogP contribution in [0.15, 0.2) is 30.3 Å². The van der Waals surface area contributed by atoms with Crippen LogP contribution in [0.4, 0.5) is 13.2 Å². The molecule has 2 atom stereocenters. The number of esters is 1. The lowest BCUT2D eigenvalue weighted by molar-refractivity contribution is -0.344. The molecule has 0 unspecified atom stereocenters. The highest BCUT2D eigenvalue weighted by Crippen LogP contribution is 2.33. The Hall–Kier alpha value is -1.08. The molecule has 0 aliphatic carbocycles. The van der Waals surface area contributed by atoms with Gasteiger partial charge in [-0.2, -0.15) is 0 Å². The summed E-state index contributed by atoms with van der Waals surface area (Å²) in [4.78, 5) is 9.88. The Morgan fingerprint density at radius 1 is 1.32 bits per heavy atom. The summed E-state index contributed by atoms with van der Waals surface area (Å²) < 4.78 is 46.0. The zero-order valence-corrected chi connectivity index (χ0v) is 11.6. The molecule has 1 aromatic carbocycles. The van der Waals surface area contributed by atoms with E-state index in [0.717, 1.165) is 0 Å². The molecule has 0 aromatic heterocycles. The van der Waals surface area contributed by atoms with Crippen LogP contribution in [-0.2, 0) is 14.3 Å². The van der Waals surface area contributed by atoms with Gasteiger partial charge < -0.3 is 4.74 Å². The summed E-state index contributed by atoms with van der Waals surface area (Å²) in [5, 5.41) is 0. The van der Waals surface area contributed by atoms with E-state index in [4.69, 9.17) is 0 Å². The molecule has 0 bridgehead atoms. The molecule has 1 rings (SSSR count). The minimum absolute atomic E-state index is 0.217. The van der Waals surface area contributed by atoms with E-state index < -0.39 is 23.3 Å². The third-order valence-corrected chi connectivity index (χ3v) is 2.91. The molecule has 1 aromatic rings. The first-order valence-electron chi connectivity index (χ1n) is 5.36. The van der Waals surface area contributed by atoms with Gasteiger partial charge in [0.25, 0.3) is 0 Å². The van der Waals surface area contributed by atoms with Crippen molar-refractivity contribution in [2.75, 3.05) is 6.61 Å². The fourth-order valence-electron chi connectivity index (χ4n) is 1.42. The SMILES string of the molecule is CC(=O)OC[C@H](Br)[C@@H](OC(F)(F)F)c1ccccc1. The minimum Gasteiger partial charge on any atom is -0.465 e. The Morgan fingerprint density at radius 3 is 2.37 bits per heavy atom. The van der Waals surface area contributed by atoms with Crippen molar-refractivity contribution >= 4 is 21.9 Å². The van der Waals surface area contributed by atoms with Crippen LogP contribution in [-0.4, -0.2) is 23.8 Å². The van der Waals surface area contributed by atoms with Gasteiger partial charge in [0.2, 0.25) is 0 Å². The van der Waals surface area contributed by atoms with Gasteiger partial charge in [-0.15, -0.1) is 13.2 Å². The maximum absolute atomic E-state index is 12.4. The molecule has 0 aliphatic heterocycles. The molecule has 19 heavy (non-hydrogen) atoms. The number of rotatable bonds is 5. The quantitative estimate of drug-likeness (QED) is 0.607. The van der Waals surface area contributed by atoms with Gasteiger partial charge >= 0.3 is 12.3 Å². The Labute approximate surface area is 116 Å². The number of alkyl halides is 4. The van der Waals surface area contributed by atoms with Gasteiger partial charge in [-0.25, -0.2) is 0 Å². The summed E-state index contributed by atoms with van der Waals surface area (Å²) in [7, 11) is 0. The van der Waals surface area contributed by atoms with E-state index in [2.05, 4.69) is 25.4 Å². The fourth-order valence-corrected chi connectivity index (χ4v) is 1.97.